The Morgan fingerprint density at radius 2 is 2.50 bits per heavy atom. The van der Waals surface area contributed by atoms with Gasteiger partial charge in [0, 0.05) is 12.6 Å². The van der Waals surface area contributed by atoms with Crippen LogP contribution in [-0.2, 0) is 6.54 Å². The van der Waals surface area contributed by atoms with Crippen LogP contribution in [0.25, 0.3) is 0 Å². The zero-order valence-corrected chi connectivity index (χ0v) is 11.5. The van der Waals surface area contributed by atoms with Crippen molar-refractivity contribution in [3.05, 3.63) is 14.1 Å². The van der Waals surface area contributed by atoms with E-state index in [9.17, 15) is 0 Å². The fourth-order valence-electron chi connectivity index (χ4n) is 1.82. The summed E-state index contributed by atoms with van der Waals surface area (Å²) in [5.74, 6) is 0. The molecule has 0 aromatic carbocycles. The smallest absolute Gasteiger partial charge is 0.107 e. The first-order chi connectivity index (χ1) is 6.58. The minimum Gasteiger partial charge on any atom is -0.307 e. The molecule has 0 aliphatic heterocycles. The van der Waals surface area contributed by atoms with E-state index >= 15 is 0 Å². The predicted molar refractivity (Wildman–Crippen MR) is 68.5 cm³/mol. The summed E-state index contributed by atoms with van der Waals surface area (Å²) in [6.45, 7) is 5.60. The molecule has 0 spiro atoms. The fourth-order valence-corrected chi connectivity index (χ4v) is 3.32. The monoisotopic (exact) mass is 322 g/mol. The van der Waals surface area contributed by atoms with Gasteiger partial charge in [-0.2, -0.15) is 0 Å². The van der Waals surface area contributed by atoms with Crippen molar-refractivity contribution >= 4 is 33.9 Å². The molecule has 0 radical (unpaired) electrons. The average molecular weight is 322 g/mol. The zero-order chi connectivity index (χ0) is 10.2. The molecule has 0 bridgehead atoms. The number of nitrogens with one attached hydrogen (secondary N) is 1. The van der Waals surface area contributed by atoms with Gasteiger partial charge in [-0.25, -0.2) is 4.98 Å². The summed E-state index contributed by atoms with van der Waals surface area (Å²) < 4.78 is 1.27. The molecule has 1 aromatic rings. The van der Waals surface area contributed by atoms with Gasteiger partial charge in [0.1, 0.15) is 5.01 Å². The summed E-state index contributed by atoms with van der Waals surface area (Å²) in [5, 5.41) is 4.79. The van der Waals surface area contributed by atoms with Gasteiger partial charge < -0.3 is 5.32 Å². The quantitative estimate of drug-likeness (QED) is 0.866. The Balaban J connectivity index is 1.83. The van der Waals surface area contributed by atoms with Crippen molar-refractivity contribution in [2.45, 2.75) is 39.3 Å². The van der Waals surface area contributed by atoms with Crippen LogP contribution in [0, 0.1) is 8.30 Å². The number of thiazole rings is 1. The number of rotatable bonds is 3. The van der Waals surface area contributed by atoms with E-state index in [1.807, 2.05) is 6.20 Å². The van der Waals surface area contributed by atoms with Crippen LogP contribution in [0.4, 0.5) is 0 Å². The van der Waals surface area contributed by atoms with Gasteiger partial charge in [-0.15, -0.1) is 11.3 Å². The predicted octanol–water partition coefficient (Wildman–Crippen LogP) is 3.03. The van der Waals surface area contributed by atoms with Gasteiger partial charge in [-0.3, -0.25) is 0 Å². The Bertz CT molecular complexity index is 322. The Kier molecular flexibility index (Phi) is 3.14. The summed E-state index contributed by atoms with van der Waals surface area (Å²) in [4.78, 5) is 4.34. The van der Waals surface area contributed by atoms with E-state index < -0.39 is 0 Å². The SMILES string of the molecule is CC1(C)CCC1NCc1ncc(I)s1. The molecular formula is C10H15IN2S. The second kappa shape index (κ2) is 4.06. The topological polar surface area (TPSA) is 24.9 Å². The van der Waals surface area contributed by atoms with Gasteiger partial charge in [0.15, 0.2) is 0 Å². The average Bonchev–Trinajstić information content (AvgIpc) is 2.50. The summed E-state index contributed by atoms with van der Waals surface area (Å²) in [6.07, 6.45) is 4.60. The Morgan fingerprint density at radius 3 is 2.93 bits per heavy atom. The van der Waals surface area contributed by atoms with Crippen LogP contribution in [0.3, 0.4) is 0 Å². The summed E-state index contributed by atoms with van der Waals surface area (Å²) in [7, 11) is 0. The van der Waals surface area contributed by atoms with Crippen LogP contribution >= 0.6 is 33.9 Å². The number of hydrogen-bond acceptors (Lipinski definition) is 3. The highest BCUT2D eigenvalue weighted by Gasteiger charge is 2.37. The Morgan fingerprint density at radius 1 is 1.71 bits per heavy atom. The summed E-state index contributed by atoms with van der Waals surface area (Å²) >= 11 is 4.09. The number of nitrogens with zero attached hydrogens (tertiary/aromatic N) is 1. The second-order valence-corrected chi connectivity index (χ2v) is 7.53. The van der Waals surface area contributed by atoms with Crippen molar-refractivity contribution in [1.82, 2.24) is 10.3 Å². The molecule has 1 aliphatic rings. The minimum atomic E-state index is 0.490. The van der Waals surface area contributed by atoms with E-state index in [0.29, 0.717) is 11.5 Å². The molecule has 1 atom stereocenters. The second-order valence-electron chi connectivity index (χ2n) is 4.52. The van der Waals surface area contributed by atoms with Crippen LogP contribution < -0.4 is 5.32 Å². The molecular weight excluding hydrogens is 307 g/mol. The highest BCUT2D eigenvalue weighted by atomic mass is 127. The van der Waals surface area contributed by atoms with Gasteiger partial charge in [0.05, 0.1) is 9.08 Å². The third-order valence-corrected chi connectivity index (χ3v) is 4.77. The maximum absolute atomic E-state index is 4.34. The highest BCUT2D eigenvalue weighted by Crippen LogP contribution is 2.40. The molecule has 1 fully saturated rings. The van der Waals surface area contributed by atoms with E-state index in [0.717, 1.165) is 6.54 Å². The molecule has 0 amide bonds. The third-order valence-electron chi connectivity index (χ3n) is 3.05. The Labute approximate surface area is 103 Å². The molecule has 1 aromatic heterocycles. The zero-order valence-electron chi connectivity index (χ0n) is 8.51. The van der Waals surface area contributed by atoms with Gasteiger partial charge >= 0.3 is 0 Å². The van der Waals surface area contributed by atoms with Crippen molar-refractivity contribution in [2.75, 3.05) is 0 Å². The van der Waals surface area contributed by atoms with E-state index in [-0.39, 0.29) is 0 Å². The normalized spacial score (nSPS) is 24.6. The lowest BCUT2D eigenvalue weighted by Crippen LogP contribution is -2.49. The number of halogens is 1. The minimum absolute atomic E-state index is 0.490. The number of hydrogen-bond donors (Lipinski definition) is 1. The highest BCUT2D eigenvalue weighted by molar-refractivity contribution is 14.1. The lowest BCUT2D eigenvalue weighted by atomic mass is 9.67. The van der Waals surface area contributed by atoms with E-state index in [2.05, 4.69) is 46.7 Å². The molecule has 14 heavy (non-hydrogen) atoms. The summed E-state index contributed by atoms with van der Waals surface area (Å²) in [6, 6.07) is 0.684. The van der Waals surface area contributed by atoms with Crippen molar-refractivity contribution < 1.29 is 0 Å². The third kappa shape index (κ3) is 2.28. The maximum Gasteiger partial charge on any atom is 0.107 e. The molecule has 78 valence electrons. The molecule has 4 heteroatoms. The van der Waals surface area contributed by atoms with Crippen LogP contribution in [0.5, 0.6) is 0 Å². The van der Waals surface area contributed by atoms with E-state index in [4.69, 9.17) is 0 Å². The fraction of sp³-hybridized carbons (Fsp3) is 0.700. The lowest BCUT2D eigenvalue weighted by molar-refractivity contribution is 0.108. The lowest BCUT2D eigenvalue weighted by Gasteiger charge is -2.45. The molecule has 2 rings (SSSR count). The van der Waals surface area contributed by atoms with Crippen molar-refractivity contribution in [1.29, 1.82) is 0 Å². The molecule has 1 aliphatic carbocycles. The van der Waals surface area contributed by atoms with Gasteiger partial charge in [0.2, 0.25) is 0 Å². The largest absolute Gasteiger partial charge is 0.307 e. The van der Waals surface area contributed by atoms with E-state index in [1.165, 1.54) is 20.7 Å². The van der Waals surface area contributed by atoms with Crippen LogP contribution in [0.1, 0.15) is 31.7 Å². The van der Waals surface area contributed by atoms with Gasteiger partial charge in [-0.1, -0.05) is 13.8 Å². The summed E-state index contributed by atoms with van der Waals surface area (Å²) in [5.41, 5.74) is 0.490. The van der Waals surface area contributed by atoms with Crippen LogP contribution in [-0.4, -0.2) is 11.0 Å². The molecule has 0 saturated heterocycles. The molecule has 2 nitrogen and oxygen atoms in total. The van der Waals surface area contributed by atoms with Gasteiger partial charge in [0.25, 0.3) is 0 Å². The first kappa shape index (κ1) is 10.8. The van der Waals surface area contributed by atoms with Crippen LogP contribution in [0.15, 0.2) is 6.20 Å². The van der Waals surface area contributed by atoms with Gasteiger partial charge in [-0.05, 0) is 40.8 Å². The van der Waals surface area contributed by atoms with Crippen molar-refractivity contribution in [3.8, 4) is 0 Å². The molecule has 1 N–H and O–H groups in total. The standard InChI is InChI=1S/C10H15IN2S/c1-10(2)4-3-7(10)12-6-9-13-5-8(11)14-9/h5,7,12H,3-4,6H2,1-2H3. The van der Waals surface area contributed by atoms with Crippen molar-refractivity contribution in [3.63, 3.8) is 0 Å². The maximum atomic E-state index is 4.34. The first-order valence-electron chi connectivity index (χ1n) is 4.91. The first-order valence-corrected chi connectivity index (χ1v) is 6.81. The van der Waals surface area contributed by atoms with Crippen molar-refractivity contribution in [2.24, 2.45) is 5.41 Å². The molecule has 1 heterocycles. The number of aromatic nitrogens is 1. The van der Waals surface area contributed by atoms with E-state index in [1.54, 1.807) is 11.3 Å². The molecule has 1 saturated carbocycles. The van der Waals surface area contributed by atoms with Crippen LogP contribution in [0.2, 0.25) is 0 Å². The molecule has 1 unspecified atom stereocenters. The Hall–Kier alpha value is 0.320.